The molecule has 4 rings (SSSR count). The predicted molar refractivity (Wildman–Crippen MR) is 104 cm³/mol. The molecule has 0 spiro atoms. The first kappa shape index (κ1) is 20.8. The Bertz CT molecular complexity index is 981. The van der Waals surface area contributed by atoms with Crippen LogP contribution in [0.25, 0.3) is 21.8 Å². The first-order valence-electron chi connectivity index (χ1n) is 9.20. The molecule has 4 heterocycles. The molecule has 3 aromatic rings. The maximum Gasteiger partial charge on any atom is 0.401 e. The Morgan fingerprint density at radius 1 is 1.31 bits per heavy atom. The maximum absolute atomic E-state index is 11.1. The van der Waals surface area contributed by atoms with Gasteiger partial charge < -0.3 is 20.3 Å². The van der Waals surface area contributed by atoms with Crippen molar-refractivity contribution >= 4 is 33.6 Å². The van der Waals surface area contributed by atoms with Crippen LogP contribution in [0.1, 0.15) is 12.8 Å². The Balaban J connectivity index is 0.000000298. The summed E-state index contributed by atoms with van der Waals surface area (Å²) in [6, 6.07) is 3.97. The number of carbonyl (C=O) groups is 1. The number of aromatic amines is 1. The molecule has 1 saturated heterocycles. The Morgan fingerprint density at radius 3 is 2.62 bits per heavy atom. The van der Waals surface area contributed by atoms with Gasteiger partial charge in [0, 0.05) is 47.8 Å². The molecule has 0 aliphatic carbocycles. The van der Waals surface area contributed by atoms with Gasteiger partial charge in [-0.2, -0.15) is 13.2 Å². The number of nitrogens with zero attached hydrogens (tertiary/aromatic N) is 3. The van der Waals surface area contributed by atoms with Crippen LogP contribution in [0.2, 0.25) is 0 Å². The van der Waals surface area contributed by atoms with Crippen molar-refractivity contribution in [3.63, 3.8) is 0 Å². The van der Waals surface area contributed by atoms with Crippen molar-refractivity contribution in [2.24, 2.45) is 5.92 Å². The number of aromatic nitrogens is 3. The topological polar surface area (TPSA) is 94.1 Å². The fourth-order valence-corrected chi connectivity index (χ4v) is 3.43. The van der Waals surface area contributed by atoms with Crippen molar-refractivity contribution in [1.29, 1.82) is 0 Å². The molecule has 0 aromatic carbocycles. The molecule has 0 bridgehead atoms. The third-order valence-electron chi connectivity index (χ3n) is 4.81. The largest absolute Gasteiger partial charge is 0.481 e. The summed E-state index contributed by atoms with van der Waals surface area (Å²) >= 11 is 0. The predicted octanol–water partition coefficient (Wildman–Crippen LogP) is 3.18. The van der Waals surface area contributed by atoms with Gasteiger partial charge in [0.1, 0.15) is 11.5 Å². The number of fused-ring (bicyclic) bond motifs is 3. The van der Waals surface area contributed by atoms with Crippen LogP contribution in [0, 0.1) is 5.92 Å². The van der Waals surface area contributed by atoms with Crippen molar-refractivity contribution in [3.05, 3.63) is 30.7 Å². The zero-order valence-corrected chi connectivity index (χ0v) is 15.8. The van der Waals surface area contributed by atoms with E-state index in [9.17, 15) is 18.0 Å². The number of alkyl halides is 3. The highest BCUT2D eigenvalue weighted by Crippen LogP contribution is 2.32. The second-order valence-electron chi connectivity index (χ2n) is 6.84. The smallest absolute Gasteiger partial charge is 0.401 e. The minimum absolute atomic E-state index is 0.236. The number of nitrogens with one attached hydrogen (secondary N) is 2. The van der Waals surface area contributed by atoms with E-state index in [-0.39, 0.29) is 5.92 Å². The number of carboxylic acid groups (broad SMARTS) is 1. The summed E-state index contributed by atoms with van der Waals surface area (Å²) in [6.45, 7) is 0.529. The molecule has 0 amide bonds. The van der Waals surface area contributed by atoms with Crippen molar-refractivity contribution in [2.75, 3.05) is 31.6 Å². The van der Waals surface area contributed by atoms with E-state index in [2.05, 4.69) is 19.9 Å². The quantitative estimate of drug-likeness (QED) is 0.615. The van der Waals surface area contributed by atoms with E-state index in [0.29, 0.717) is 12.8 Å². The number of aliphatic carboxylic acids is 1. The summed E-state index contributed by atoms with van der Waals surface area (Å²) in [5, 5.41) is 14.3. The van der Waals surface area contributed by atoms with Gasteiger partial charge in [-0.25, -0.2) is 9.97 Å². The fraction of sp³-hybridized carbons (Fsp3) is 0.421. The molecule has 1 aliphatic rings. The minimum Gasteiger partial charge on any atom is -0.481 e. The molecule has 1 aliphatic heterocycles. The van der Waals surface area contributed by atoms with Crippen molar-refractivity contribution < 1.29 is 23.1 Å². The average Bonchev–Trinajstić information content (AvgIpc) is 3.16. The number of piperidine rings is 1. The molecule has 3 aromatic heterocycles. The molecule has 0 atom stereocenters. The number of halogens is 3. The summed E-state index contributed by atoms with van der Waals surface area (Å²) in [5.41, 5.74) is 0.849. The Labute approximate surface area is 164 Å². The number of hydrogen-bond acceptors (Lipinski definition) is 5. The van der Waals surface area contributed by atoms with E-state index in [1.165, 1.54) is 7.05 Å². The second-order valence-corrected chi connectivity index (χ2v) is 6.84. The summed E-state index contributed by atoms with van der Waals surface area (Å²) in [7, 11) is 1.26. The standard InChI is InChI=1S/C16H16N4O2.C3H6F3N/c21-16(22)10-3-7-20(8-4-10)15-13-11(1-5-18-15)9-19-14-12(13)2-6-17-14;1-7-2-3(4,5)6/h1-2,5-6,9-10H,3-4,7-8H2,(H,17,19)(H,21,22);7H,2H2,1H3. The fourth-order valence-electron chi connectivity index (χ4n) is 3.43. The zero-order valence-electron chi connectivity index (χ0n) is 15.8. The third-order valence-corrected chi connectivity index (χ3v) is 4.81. The van der Waals surface area contributed by atoms with Crippen LogP contribution in [-0.4, -0.2) is 58.9 Å². The third kappa shape index (κ3) is 4.94. The van der Waals surface area contributed by atoms with E-state index in [1.807, 2.05) is 29.8 Å². The van der Waals surface area contributed by atoms with Gasteiger partial charge in [0.25, 0.3) is 0 Å². The van der Waals surface area contributed by atoms with Gasteiger partial charge in [0.15, 0.2) is 0 Å². The van der Waals surface area contributed by atoms with Crippen molar-refractivity contribution in [3.8, 4) is 0 Å². The van der Waals surface area contributed by atoms with Gasteiger partial charge in [-0.1, -0.05) is 0 Å². The molecule has 1 fully saturated rings. The number of H-pyrrole nitrogens is 1. The molecule has 156 valence electrons. The van der Waals surface area contributed by atoms with Crippen LogP contribution >= 0.6 is 0 Å². The van der Waals surface area contributed by atoms with Gasteiger partial charge in [-0.15, -0.1) is 0 Å². The van der Waals surface area contributed by atoms with Crippen LogP contribution in [0.3, 0.4) is 0 Å². The zero-order chi connectivity index (χ0) is 21.0. The number of rotatable bonds is 3. The summed E-state index contributed by atoms with van der Waals surface area (Å²) < 4.78 is 33.0. The SMILES string of the molecule is CNCC(F)(F)F.O=C(O)C1CCN(c2nccc3cnc4[nH]ccc4c23)CC1. The lowest BCUT2D eigenvalue weighted by molar-refractivity contribution is -0.142. The Morgan fingerprint density at radius 2 is 2.03 bits per heavy atom. The molecule has 10 heteroatoms. The molecule has 0 unspecified atom stereocenters. The van der Waals surface area contributed by atoms with Crippen molar-refractivity contribution in [1.82, 2.24) is 20.3 Å². The molecule has 29 heavy (non-hydrogen) atoms. The first-order valence-corrected chi connectivity index (χ1v) is 9.20. The highest BCUT2D eigenvalue weighted by Gasteiger charge is 2.26. The Hall–Kier alpha value is -2.88. The van der Waals surface area contributed by atoms with E-state index >= 15 is 0 Å². The maximum atomic E-state index is 11.1. The van der Waals surface area contributed by atoms with Gasteiger partial charge >= 0.3 is 12.1 Å². The Kier molecular flexibility index (Phi) is 6.21. The average molecular weight is 409 g/mol. The van der Waals surface area contributed by atoms with Crippen LogP contribution in [0.4, 0.5) is 19.0 Å². The van der Waals surface area contributed by atoms with Crippen LogP contribution in [0.15, 0.2) is 30.7 Å². The van der Waals surface area contributed by atoms with Crippen molar-refractivity contribution in [2.45, 2.75) is 19.0 Å². The monoisotopic (exact) mass is 409 g/mol. The van der Waals surface area contributed by atoms with Gasteiger partial charge in [0.2, 0.25) is 0 Å². The number of hydrogen-bond donors (Lipinski definition) is 3. The first-order chi connectivity index (χ1) is 13.8. The van der Waals surface area contributed by atoms with E-state index in [4.69, 9.17) is 5.11 Å². The van der Waals surface area contributed by atoms with Gasteiger partial charge in [-0.05, 0) is 32.0 Å². The van der Waals surface area contributed by atoms with E-state index in [0.717, 1.165) is 40.7 Å². The second kappa shape index (κ2) is 8.64. The summed E-state index contributed by atoms with van der Waals surface area (Å²) in [5.74, 6) is -0.00346. The lowest BCUT2D eigenvalue weighted by Crippen LogP contribution is -2.36. The molecule has 0 saturated carbocycles. The lowest BCUT2D eigenvalue weighted by atomic mass is 9.97. The van der Waals surface area contributed by atoms with Gasteiger partial charge in [0.05, 0.1) is 12.5 Å². The summed E-state index contributed by atoms with van der Waals surface area (Å²) in [4.78, 5) is 25.4. The van der Waals surface area contributed by atoms with Crippen LogP contribution in [0.5, 0.6) is 0 Å². The number of pyridine rings is 2. The van der Waals surface area contributed by atoms with E-state index < -0.39 is 18.7 Å². The molecule has 0 radical (unpaired) electrons. The summed E-state index contributed by atoms with van der Waals surface area (Å²) in [6.07, 6.45) is 2.79. The highest BCUT2D eigenvalue weighted by atomic mass is 19.4. The molecular weight excluding hydrogens is 387 g/mol. The highest BCUT2D eigenvalue weighted by molar-refractivity contribution is 6.10. The number of anilines is 1. The van der Waals surface area contributed by atoms with Gasteiger partial charge in [-0.3, -0.25) is 4.79 Å². The minimum atomic E-state index is -4.06. The lowest BCUT2D eigenvalue weighted by Gasteiger charge is -2.31. The van der Waals surface area contributed by atoms with Crippen LogP contribution < -0.4 is 10.2 Å². The number of carboxylic acids is 1. The molecular formula is C19H22F3N5O2. The molecule has 3 N–H and O–H groups in total. The molecule has 7 nitrogen and oxygen atoms in total. The normalized spacial score (nSPS) is 15.4. The van der Waals surface area contributed by atoms with Crippen LogP contribution in [-0.2, 0) is 4.79 Å². The van der Waals surface area contributed by atoms with E-state index in [1.54, 1.807) is 6.20 Å².